The van der Waals surface area contributed by atoms with Crippen LogP contribution in [-0.4, -0.2) is 18.4 Å². The van der Waals surface area contributed by atoms with E-state index in [-0.39, 0.29) is 17.6 Å². The van der Waals surface area contributed by atoms with E-state index in [1.54, 1.807) is 36.4 Å². The van der Waals surface area contributed by atoms with Gasteiger partial charge in [-0.2, -0.15) is 0 Å². The van der Waals surface area contributed by atoms with Crippen molar-refractivity contribution in [2.45, 2.75) is 26.8 Å². The lowest BCUT2D eigenvalue weighted by molar-refractivity contribution is 0.0950. The van der Waals surface area contributed by atoms with Crippen LogP contribution in [0.1, 0.15) is 46.5 Å². The Labute approximate surface area is 147 Å². The summed E-state index contributed by atoms with van der Waals surface area (Å²) in [5, 5.41) is 5.62. The molecule has 0 atom stereocenters. The first-order valence-electron chi connectivity index (χ1n) is 8.36. The van der Waals surface area contributed by atoms with Crippen molar-refractivity contribution >= 4 is 11.8 Å². The summed E-state index contributed by atoms with van der Waals surface area (Å²) >= 11 is 0. The molecular weight excluding hydrogens is 319 g/mol. The normalized spacial score (nSPS) is 10.6. The van der Waals surface area contributed by atoms with E-state index >= 15 is 0 Å². The SMILES string of the molecule is CC(C)CCNC(=O)c1cccc(C(=O)NCc2ccc(F)cc2)c1. The highest BCUT2D eigenvalue weighted by molar-refractivity contribution is 5.99. The van der Waals surface area contributed by atoms with E-state index in [2.05, 4.69) is 24.5 Å². The third-order valence-corrected chi connectivity index (χ3v) is 3.76. The molecule has 5 heteroatoms. The molecule has 0 bridgehead atoms. The summed E-state index contributed by atoms with van der Waals surface area (Å²) in [6, 6.07) is 12.5. The molecule has 2 amide bonds. The number of carbonyl (C=O) groups is 2. The average Bonchev–Trinajstić information content (AvgIpc) is 2.60. The van der Waals surface area contributed by atoms with Gasteiger partial charge in [0.15, 0.2) is 0 Å². The highest BCUT2D eigenvalue weighted by Gasteiger charge is 2.10. The second kappa shape index (κ2) is 8.97. The predicted molar refractivity (Wildman–Crippen MR) is 95.8 cm³/mol. The summed E-state index contributed by atoms with van der Waals surface area (Å²) in [6.07, 6.45) is 0.906. The van der Waals surface area contributed by atoms with Gasteiger partial charge in [0.05, 0.1) is 0 Å². The van der Waals surface area contributed by atoms with Crippen molar-refractivity contribution in [3.05, 3.63) is 71.0 Å². The van der Waals surface area contributed by atoms with Gasteiger partial charge in [-0.05, 0) is 48.2 Å². The van der Waals surface area contributed by atoms with Gasteiger partial charge in [-0.3, -0.25) is 9.59 Å². The Morgan fingerprint density at radius 1 is 0.960 bits per heavy atom. The Hall–Kier alpha value is -2.69. The molecule has 2 aromatic carbocycles. The molecule has 2 rings (SSSR count). The van der Waals surface area contributed by atoms with Gasteiger partial charge in [0, 0.05) is 24.2 Å². The molecule has 2 N–H and O–H groups in total. The fourth-order valence-corrected chi connectivity index (χ4v) is 2.26. The van der Waals surface area contributed by atoms with Gasteiger partial charge in [-0.1, -0.05) is 32.0 Å². The highest BCUT2D eigenvalue weighted by atomic mass is 19.1. The fourth-order valence-electron chi connectivity index (χ4n) is 2.26. The molecule has 0 aliphatic carbocycles. The van der Waals surface area contributed by atoms with E-state index in [0.29, 0.717) is 30.1 Å². The van der Waals surface area contributed by atoms with Crippen LogP contribution in [0.4, 0.5) is 4.39 Å². The van der Waals surface area contributed by atoms with Crippen LogP contribution in [0.2, 0.25) is 0 Å². The zero-order chi connectivity index (χ0) is 18.2. The molecule has 0 aliphatic heterocycles. The molecule has 0 saturated carbocycles. The van der Waals surface area contributed by atoms with Crippen molar-refractivity contribution in [1.82, 2.24) is 10.6 Å². The lowest BCUT2D eigenvalue weighted by atomic mass is 10.1. The maximum atomic E-state index is 12.9. The molecule has 0 aromatic heterocycles. The van der Waals surface area contributed by atoms with E-state index in [1.165, 1.54) is 12.1 Å². The highest BCUT2D eigenvalue weighted by Crippen LogP contribution is 2.07. The topological polar surface area (TPSA) is 58.2 Å². The fraction of sp³-hybridized carbons (Fsp3) is 0.300. The summed E-state index contributed by atoms with van der Waals surface area (Å²) in [5.74, 6) is -0.259. The van der Waals surface area contributed by atoms with Gasteiger partial charge in [0.2, 0.25) is 0 Å². The maximum absolute atomic E-state index is 12.9. The number of halogens is 1. The Kier molecular flexibility index (Phi) is 6.69. The van der Waals surface area contributed by atoms with Crippen LogP contribution in [0, 0.1) is 11.7 Å². The number of benzene rings is 2. The zero-order valence-corrected chi connectivity index (χ0v) is 14.5. The molecule has 0 spiro atoms. The lowest BCUT2D eigenvalue weighted by Gasteiger charge is -2.09. The number of rotatable bonds is 7. The van der Waals surface area contributed by atoms with Gasteiger partial charge in [0.1, 0.15) is 5.82 Å². The second-order valence-electron chi connectivity index (χ2n) is 6.33. The summed E-state index contributed by atoms with van der Waals surface area (Å²) < 4.78 is 12.9. The number of carbonyl (C=O) groups excluding carboxylic acids is 2. The van der Waals surface area contributed by atoms with Crippen LogP contribution >= 0.6 is 0 Å². The third kappa shape index (κ3) is 6.03. The largest absolute Gasteiger partial charge is 0.352 e. The molecule has 0 aliphatic rings. The number of hydrogen-bond donors (Lipinski definition) is 2. The van der Waals surface area contributed by atoms with Crippen LogP contribution in [0.15, 0.2) is 48.5 Å². The van der Waals surface area contributed by atoms with E-state index in [9.17, 15) is 14.0 Å². The van der Waals surface area contributed by atoms with Crippen LogP contribution in [0.25, 0.3) is 0 Å². The van der Waals surface area contributed by atoms with Gasteiger partial charge in [-0.25, -0.2) is 4.39 Å². The van der Waals surface area contributed by atoms with Crippen LogP contribution in [0.3, 0.4) is 0 Å². The Morgan fingerprint density at radius 3 is 2.16 bits per heavy atom. The standard InChI is InChI=1S/C20H23FN2O2/c1-14(2)10-11-22-19(24)16-4-3-5-17(12-16)20(25)23-13-15-6-8-18(21)9-7-15/h3-9,12,14H,10-11,13H2,1-2H3,(H,22,24)(H,23,25). The summed E-state index contributed by atoms with van der Waals surface area (Å²) in [4.78, 5) is 24.4. The quantitative estimate of drug-likeness (QED) is 0.809. The van der Waals surface area contributed by atoms with Crippen LogP contribution in [0.5, 0.6) is 0 Å². The minimum atomic E-state index is -0.314. The Morgan fingerprint density at radius 2 is 1.56 bits per heavy atom. The molecule has 2 aromatic rings. The molecule has 0 fully saturated rings. The van der Waals surface area contributed by atoms with Gasteiger partial charge >= 0.3 is 0 Å². The van der Waals surface area contributed by atoms with Crippen LogP contribution < -0.4 is 10.6 Å². The van der Waals surface area contributed by atoms with Crippen molar-refractivity contribution in [1.29, 1.82) is 0 Å². The molecule has 0 saturated heterocycles. The molecule has 4 nitrogen and oxygen atoms in total. The molecule has 0 unspecified atom stereocenters. The predicted octanol–water partition coefficient (Wildman–Crippen LogP) is 3.53. The third-order valence-electron chi connectivity index (χ3n) is 3.76. The number of nitrogens with one attached hydrogen (secondary N) is 2. The minimum Gasteiger partial charge on any atom is -0.352 e. The molecule has 0 heterocycles. The van der Waals surface area contributed by atoms with Crippen molar-refractivity contribution in [3.8, 4) is 0 Å². The first kappa shape index (κ1) is 18.6. The number of hydrogen-bond acceptors (Lipinski definition) is 2. The Bertz CT molecular complexity index is 727. The molecule has 132 valence electrons. The summed E-state index contributed by atoms with van der Waals surface area (Å²) in [7, 11) is 0. The smallest absolute Gasteiger partial charge is 0.251 e. The van der Waals surface area contributed by atoms with E-state index < -0.39 is 0 Å². The maximum Gasteiger partial charge on any atom is 0.251 e. The Balaban J connectivity index is 1.93. The first-order valence-corrected chi connectivity index (χ1v) is 8.36. The molecule has 0 radical (unpaired) electrons. The van der Waals surface area contributed by atoms with Gasteiger partial charge < -0.3 is 10.6 Å². The summed E-state index contributed by atoms with van der Waals surface area (Å²) in [5.41, 5.74) is 1.68. The van der Waals surface area contributed by atoms with Crippen molar-refractivity contribution in [2.24, 2.45) is 5.92 Å². The zero-order valence-electron chi connectivity index (χ0n) is 14.5. The van der Waals surface area contributed by atoms with Gasteiger partial charge in [0.25, 0.3) is 11.8 Å². The number of amides is 2. The van der Waals surface area contributed by atoms with E-state index in [4.69, 9.17) is 0 Å². The summed E-state index contributed by atoms with van der Waals surface area (Å²) in [6.45, 7) is 5.10. The second-order valence-corrected chi connectivity index (χ2v) is 6.33. The van der Waals surface area contributed by atoms with Crippen molar-refractivity contribution in [2.75, 3.05) is 6.54 Å². The molecule has 25 heavy (non-hydrogen) atoms. The monoisotopic (exact) mass is 342 g/mol. The van der Waals surface area contributed by atoms with Gasteiger partial charge in [-0.15, -0.1) is 0 Å². The van der Waals surface area contributed by atoms with Crippen molar-refractivity contribution < 1.29 is 14.0 Å². The first-order chi connectivity index (χ1) is 12.0. The van der Waals surface area contributed by atoms with Crippen molar-refractivity contribution in [3.63, 3.8) is 0 Å². The molecular formula is C20H23FN2O2. The van der Waals surface area contributed by atoms with Crippen LogP contribution in [-0.2, 0) is 6.54 Å². The van der Waals surface area contributed by atoms with E-state index in [0.717, 1.165) is 12.0 Å². The van der Waals surface area contributed by atoms with E-state index in [1.807, 2.05) is 0 Å². The average molecular weight is 342 g/mol. The lowest BCUT2D eigenvalue weighted by Crippen LogP contribution is -2.26. The minimum absolute atomic E-state index is 0.186.